The second kappa shape index (κ2) is 33.1. The normalized spacial score (nSPS) is 10.3. The second-order valence-corrected chi connectivity index (χ2v) is 15.7. The minimum atomic E-state index is -1.00. The molecule has 5 aromatic carbocycles. The van der Waals surface area contributed by atoms with Crippen LogP contribution >= 0.6 is 11.6 Å². The van der Waals surface area contributed by atoms with Gasteiger partial charge in [0.1, 0.15) is 30.5 Å². The Hall–Kier alpha value is -6.56. The number of hydrogen-bond donors (Lipinski definition) is 5. The number of nitro benzene ring substituents is 2. The minimum absolute atomic E-state index is 0. The summed E-state index contributed by atoms with van der Waals surface area (Å²) in [5, 5.41) is 36.4. The van der Waals surface area contributed by atoms with Gasteiger partial charge in [-0.3, -0.25) is 29.4 Å². The molecule has 0 unspecified atom stereocenters. The van der Waals surface area contributed by atoms with Gasteiger partial charge in [-0.2, -0.15) is 0 Å². The van der Waals surface area contributed by atoms with E-state index < -0.39 is 22.8 Å². The van der Waals surface area contributed by atoms with Crippen LogP contribution in [0, 0.1) is 26.0 Å². The number of carbonyl (C=O) groups is 1. The molecule has 0 radical (unpaired) electrons. The molecule has 0 aliphatic rings. The number of anilines is 5. The topological polar surface area (TPSA) is 254 Å². The van der Waals surface area contributed by atoms with Gasteiger partial charge < -0.3 is 52.8 Å². The Labute approximate surface area is 441 Å². The predicted molar refractivity (Wildman–Crippen MR) is 275 cm³/mol. The van der Waals surface area contributed by atoms with Gasteiger partial charge in [0.25, 0.3) is 11.4 Å². The predicted octanol–water partition coefficient (Wildman–Crippen LogP) is 5.43. The van der Waals surface area contributed by atoms with Crippen LogP contribution < -0.4 is 61.1 Å². The number of nitrogens with one attached hydrogen (secondary N) is 2. The molecule has 6 aromatic rings. The van der Waals surface area contributed by atoms with Gasteiger partial charge >= 0.3 is 29.6 Å². The van der Waals surface area contributed by atoms with E-state index in [-0.39, 0.29) is 66.2 Å². The van der Waals surface area contributed by atoms with Gasteiger partial charge in [0.2, 0.25) is 11.9 Å². The van der Waals surface area contributed by atoms with Crippen molar-refractivity contribution in [2.75, 3.05) is 111 Å². The Morgan fingerprint density at radius 1 is 0.859 bits per heavy atom. The van der Waals surface area contributed by atoms with Crippen LogP contribution in [0.25, 0.3) is 22.0 Å². The summed E-state index contributed by atoms with van der Waals surface area (Å²) in [7, 11) is 10.7. The minimum Gasteiger partial charge on any atom is -1.00 e. The van der Waals surface area contributed by atoms with Crippen LogP contribution in [-0.4, -0.2) is 134 Å². The summed E-state index contributed by atoms with van der Waals surface area (Å²) in [6.45, 7) is 7.03. The molecule has 71 heavy (non-hydrogen) atoms. The maximum atomic E-state index is 12.4. The molecule has 6 rings (SSSR count). The number of carbonyl (C=O) groups excluding carboxylic acids is 1. The fourth-order valence-electron chi connectivity index (χ4n) is 5.45. The Morgan fingerprint density at radius 2 is 1.42 bits per heavy atom. The molecular weight excluding hydrogens is 955 g/mol. The number of nitro groups is 2. The molecule has 0 aliphatic carbocycles. The number of nitrogens with two attached hydrogens (primary N) is 2. The van der Waals surface area contributed by atoms with Crippen LogP contribution in [0.4, 0.5) is 48.9 Å². The number of amides is 1. The monoisotopic (exact) mass is 1020 g/mol. The third kappa shape index (κ3) is 22.8. The molecule has 0 aliphatic heterocycles. The van der Waals surface area contributed by atoms with E-state index in [0.717, 1.165) is 59.9 Å². The summed E-state index contributed by atoms with van der Waals surface area (Å²) in [6, 6.07) is 26.2. The summed E-state index contributed by atoms with van der Waals surface area (Å²) >= 11 is 6.21. The number of benzene rings is 5. The number of likely N-dealkylation sites (N-methyl/N-ethyl adjacent to an activating group) is 3. The number of hydrogen-bond acceptors (Lipinski definition) is 16. The first-order valence-corrected chi connectivity index (χ1v) is 21.4. The zero-order valence-electron chi connectivity index (χ0n) is 42.8. The van der Waals surface area contributed by atoms with Crippen molar-refractivity contribution in [3.8, 4) is 22.6 Å². The van der Waals surface area contributed by atoms with Crippen LogP contribution in [0.1, 0.15) is 2.80 Å². The van der Waals surface area contributed by atoms with E-state index in [2.05, 4.69) is 22.2 Å². The van der Waals surface area contributed by atoms with Crippen molar-refractivity contribution < 1.29 is 70.4 Å². The van der Waals surface area contributed by atoms with Crippen molar-refractivity contribution in [2.45, 2.75) is 0 Å². The number of halogens is 3. The van der Waals surface area contributed by atoms with Gasteiger partial charge in [0, 0.05) is 71.8 Å². The van der Waals surface area contributed by atoms with Crippen LogP contribution in [0.5, 0.6) is 11.5 Å². The average molecular weight is 1020 g/mol. The molecule has 0 spiro atoms. The summed E-state index contributed by atoms with van der Waals surface area (Å²) in [5.74, 6) is 0.500. The van der Waals surface area contributed by atoms with Crippen molar-refractivity contribution in [3.63, 3.8) is 0 Å². The van der Waals surface area contributed by atoms with E-state index in [1.807, 2.05) is 106 Å². The number of non-ortho nitro benzene ring substituents is 2. The van der Waals surface area contributed by atoms with Gasteiger partial charge in [-0.1, -0.05) is 48.5 Å². The van der Waals surface area contributed by atoms with Crippen molar-refractivity contribution in [2.24, 2.45) is 0 Å². The zero-order chi connectivity index (χ0) is 53.0. The number of ether oxygens (including phenoxy) is 2. The Bertz CT molecular complexity index is 2670. The molecule has 7 N–H and O–H groups in total. The van der Waals surface area contributed by atoms with Gasteiger partial charge in [0.05, 0.1) is 47.6 Å². The Kier molecular flexibility index (Phi) is 28.2. The third-order valence-corrected chi connectivity index (χ3v) is 9.19. The first kappa shape index (κ1) is 60.6. The summed E-state index contributed by atoms with van der Waals surface area (Å²) in [4.78, 5) is 46.6. The first-order chi connectivity index (χ1) is 33.7. The fraction of sp³-hybridized carbons (Fsp3) is 0.271. The molecule has 1 amide bonds. The zero-order valence-corrected chi connectivity index (χ0v) is 43.5. The van der Waals surface area contributed by atoms with Crippen LogP contribution in [0.2, 0.25) is 5.02 Å². The SMILES string of the molecule is C=CC(=O)Nc1cc(Nc2ncc3cccc(-c4cccc(Cl)c4)c3n2)ccc1OCCN(C)C.CN(C)CCO.CN(C)CCOc1ccc([N+](=O)[O-])cc1N.Nc1cc([N+](=O)[O-])ccc1F.[2H]CF.[H-].[Na+]. The summed E-state index contributed by atoms with van der Waals surface area (Å²) in [6.07, 6.45) is 2.99. The first-order valence-electron chi connectivity index (χ1n) is 21.7. The number of nitrogens with zero attached hydrogens (tertiary/aromatic N) is 7. The molecule has 0 bridgehead atoms. The summed E-state index contributed by atoms with van der Waals surface area (Å²) < 4.78 is 39.2. The van der Waals surface area contributed by atoms with Crippen molar-refractivity contribution in [1.82, 2.24) is 24.7 Å². The van der Waals surface area contributed by atoms with Crippen LogP contribution in [-0.2, 0) is 4.79 Å². The number of aliphatic hydroxyl groups excluding tert-OH is 1. The quantitative estimate of drug-likeness (QED) is 0.0251. The number of para-hydroxylation sites is 1. The molecule has 1 heterocycles. The molecule has 0 atom stereocenters. The standard InChI is InChI=1S/C27H26ClN5O2.C10H15N3O3.C6H5FN2O2.C4H11NO.CH3F.Na.H/c1-4-25(34)31-23-16-21(11-12-24(23)35-14-13-33(2)3)30-27-29-17-19-8-6-10-22(26(19)32-27)18-7-5-9-20(28)15-18;1-12(2)5-6-16-10-4-3-8(13(14)15)7-9(10)11;7-5-2-1-4(9(10)11)3-6(5)8;1-5(2)3-4-6;1-2;;/h4-12,15-17H,1,13-14H2,2-3H3,(H,31,34)(H,29,30,32);3-4,7H,5-6,11H2,1-2H3;1-3H,8H2;6H,3-4H2,1-2H3;1H3;;/q;;;;;+1;-1/i;;;;1D;;. The van der Waals surface area contributed by atoms with Crippen LogP contribution in [0.15, 0.2) is 116 Å². The summed E-state index contributed by atoms with van der Waals surface area (Å²) in [5.41, 5.74) is 14.5. The second-order valence-electron chi connectivity index (χ2n) is 15.2. The van der Waals surface area contributed by atoms with E-state index in [1.54, 1.807) is 18.3 Å². The van der Waals surface area contributed by atoms with Gasteiger partial charge in [0.15, 0.2) is 0 Å². The third-order valence-electron chi connectivity index (χ3n) is 8.96. The van der Waals surface area contributed by atoms with E-state index >= 15 is 0 Å². The average Bonchev–Trinajstić information content (AvgIpc) is 3.31. The number of alkyl halides is 1. The van der Waals surface area contributed by atoms with Crippen molar-refractivity contribution in [1.29, 1.82) is 0 Å². The maximum Gasteiger partial charge on any atom is 1.00 e. The van der Waals surface area contributed by atoms with E-state index in [0.29, 0.717) is 47.1 Å². The number of aromatic nitrogens is 2. The molecule has 378 valence electrons. The van der Waals surface area contributed by atoms with E-state index in [1.165, 1.54) is 24.3 Å². The van der Waals surface area contributed by atoms with Crippen LogP contribution in [0.3, 0.4) is 0 Å². The van der Waals surface area contributed by atoms with Gasteiger partial charge in [-0.15, -0.1) is 0 Å². The molecule has 0 fully saturated rings. The Balaban J connectivity index is 0.00000112. The molecule has 1 aromatic heterocycles. The number of aliphatic hydroxyl groups is 1. The number of rotatable bonds is 17. The maximum absolute atomic E-state index is 12.4. The molecule has 23 heteroatoms. The molecule has 0 saturated heterocycles. The van der Waals surface area contributed by atoms with Crippen molar-refractivity contribution >= 4 is 68.5 Å². The number of fused-ring (bicyclic) bond motifs is 1. The largest absolute Gasteiger partial charge is 1.00 e. The van der Waals surface area contributed by atoms with E-state index in [9.17, 15) is 33.8 Å². The van der Waals surface area contributed by atoms with Gasteiger partial charge in [-0.05, 0) is 96.4 Å². The fourth-order valence-corrected chi connectivity index (χ4v) is 5.64. The smallest absolute Gasteiger partial charge is 1.00 e. The molecule has 0 saturated carbocycles. The Morgan fingerprint density at radius 3 is 1.94 bits per heavy atom. The van der Waals surface area contributed by atoms with E-state index in [4.69, 9.17) is 44.0 Å². The number of nitrogen functional groups attached to an aromatic ring is 2. The molecule has 19 nitrogen and oxygen atoms in total. The van der Waals surface area contributed by atoms with Gasteiger partial charge in [-0.25, -0.2) is 14.4 Å². The van der Waals surface area contributed by atoms with Crippen molar-refractivity contribution in [3.05, 3.63) is 147 Å². The molecular formula is C48H61ClF2N11NaO8.